The zero-order valence-corrected chi connectivity index (χ0v) is 10.8. The Balaban J connectivity index is 2.83. The number of ether oxygens (including phenoxy) is 1. The van der Waals surface area contributed by atoms with Gasteiger partial charge in [0.2, 0.25) is 5.91 Å². The van der Waals surface area contributed by atoms with Gasteiger partial charge in [-0.05, 0) is 19.3 Å². The Hall–Kier alpha value is -0.900. The van der Waals surface area contributed by atoms with Crippen molar-refractivity contribution >= 4 is 11.8 Å². The molecule has 92 valence electrons. The van der Waals surface area contributed by atoms with Crippen molar-refractivity contribution in [3.05, 3.63) is 0 Å². The zero-order valence-electron chi connectivity index (χ0n) is 10.8. The maximum Gasteiger partial charge on any atom is 0.255 e. The molecule has 1 saturated heterocycles. The van der Waals surface area contributed by atoms with E-state index in [1.54, 1.807) is 0 Å². The highest BCUT2D eigenvalue weighted by molar-refractivity contribution is 5.97. The van der Waals surface area contributed by atoms with E-state index in [9.17, 15) is 9.59 Å². The van der Waals surface area contributed by atoms with Crippen molar-refractivity contribution in [3.8, 4) is 0 Å². The second-order valence-corrected chi connectivity index (χ2v) is 6.17. The molecular formula is C12H21NO3. The zero-order chi connectivity index (χ0) is 12.6. The standard InChI is InChI=1S/C12H21NO3/c1-11(2,3)6-9(14)13-10(15)7-16-8-12(13,4)5/h6-8H2,1-5H3. The van der Waals surface area contributed by atoms with Crippen molar-refractivity contribution < 1.29 is 14.3 Å². The molecule has 0 bridgehead atoms. The molecule has 0 unspecified atom stereocenters. The summed E-state index contributed by atoms with van der Waals surface area (Å²) in [5.74, 6) is -0.337. The summed E-state index contributed by atoms with van der Waals surface area (Å²) < 4.78 is 5.16. The van der Waals surface area contributed by atoms with Crippen molar-refractivity contribution in [3.63, 3.8) is 0 Å². The third-order valence-electron chi connectivity index (χ3n) is 2.47. The van der Waals surface area contributed by atoms with E-state index in [-0.39, 0.29) is 23.8 Å². The van der Waals surface area contributed by atoms with Crippen LogP contribution in [0.25, 0.3) is 0 Å². The molecule has 2 amide bonds. The molecule has 0 radical (unpaired) electrons. The molecule has 1 aliphatic heterocycles. The second kappa shape index (κ2) is 4.17. The average molecular weight is 227 g/mol. The first-order chi connectivity index (χ1) is 7.13. The molecular weight excluding hydrogens is 206 g/mol. The highest BCUT2D eigenvalue weighted by atomic mass is 16.5. The fourth-order valence-electron chi connectivity index (χ4n) is 1.86. The maximum absolute atomic E-state index is 12.1. The Kier molecular flexibility index (Phi) is 3.43. The third-order valence-corrected chi connectivity index (χ3v) is 2.47. The molecule has 0 saturated carbocycles. The van der Waals surface area contributed by atoms with E-state index in [4.69, 9.17) is 4.74 Å². The molecule has 0 aliphatic carbocycles. The van der Waals surface area contributed by atoms with Crippen LogP contribution in [0.2, 0.25) is 0 Å². The fourth-order valence-corrected chi connectivity index (χ4v) is 1.86. The van der Waals surface area contributed by atoms with Crippen molar-refractivity contribution in [1.82, 2.24) is 4.90 Å². The van der Waals surface area contributed by atoms with Crippen LogP contribution in [0.3, 0.4) is 0 Å². The van der Waals surface area contributed by atoms with E-state index in [0.29, 0.717) is 13.0 Å². The van der Waals surface area contributed by atoms with Gasteiger partial charge < -0.3 is 4.74 Å². The Morgan fingerprint density at radius 1 is 1.44 bits per heavy atom. The molecule has 1 fully saturated rings. The predicted octanol–water partition coefficient (Wildman–Crippen LogP) is 1.59. The Bertz CT molecular complexity index is 302. The number of amides is 2. The summed E-state index contributed by atoms with van der Waals surface area (Å²) in [6.07, 6.45) is 0.377. The summed E-state index contributed by atoms with van der Waals surface area (Å²) in [6, 6.07) is 0. The van der Waals surface area contributed by atoms with Gasteiger partial charge in [0.15, 0.2) is 0 Å². The molecule has 4 nitrogen and oxygen atoms in total. The molecule has 0 N–H and O–H groups in total. The monoisotopic (exact) mass is 227 g/mol. The quantitative estimate of drug-likeness (QED) is 0.683. The number of carbonyl (C=O) groups is 2. The van der Waals surface area contributed by atoms with Gasteiger partial charge in [0.25, 0.3) is 5.91 Å². The molecule has 0 aromatic heterocycles. The van der Waals surface area contributed by atoms with E-state index in [0.717, 1.165) is 0 Å². The van der Waals surface area contributed by atoms with Crippen LogP contribution in [0.1, 0.15) is 41.0 Å². The SMILES string of the molecule is CC(C)(C)CC(=O)N1C(=O)COCC1(C)C. The minimum atomic E-state index is -0.530. The number of carbonyl (C=O) groups excluding carboxylic acids is 2. The van der Waals surface area contributed by atoms with E-state index < -0.39 is 5.54 Å². The van der Waals surface area contributed by atoms with Gasteiger partial charge >= 0.3 is 0 Å². The smallest absolute Gasteiger partial charge is 0.255 e. The van der Waals surface area contributed by atoms with E-state index in [1.165, 1.54) is 4.90 Å². The minimum Gasteiger partial charge on any atom is -0.369 e. The predicted molar refractivity (Wildman–Crippen MR) is 60.8 cm³/mol. The fraction of sp³-hybridized carbons (Fsp3) is 0.833. The average Bonchev–Trinajstić information content (AvgIpc) is 1.97. The molecule has 0 aromatic carbocycles. The van der Waals surface area contributed by atoms with Gasteiger partial charge in [-0.15, -0.1) is 0 Å². The minimum absolute atomic E-state index is 0.0132. The van der Waals surface area contributed by atoms with Gasteiger partial charge in [-0.25, -0.2) is 0 Å². The van der Waals surface area contributed by atoms with Gasteiger partial charge in [0.05, 0.1) is 12.1 Å². The highest BCUT2D eigenvalue weighted by Crippen LogP contribution is 2.26. The van der Waals surface area contributed by atoms with E-state index >= 15 is 0 Å². The lowest BCUT2D eigenvalue weighted by atomic mass is 9.90. The van der Waals surface area contributed by atoms with Crippen LogP contribution in [-0.4, -0.2) is 35.5 Å². The van der Waals surface area contributed by atoms with Crippen molar-refractivity contribution in [2.45, 2.75) is 46.6 Å². The van der Waals surface area contributed by atoms with Gasteiger partial charge in [0.1, 0.15) is 6.61 Å². The van der Waals surface area contributed by atoms with Crippen LogP contribution in [-0.2, 0) is 14.3 Å². The summed E-state index contributed by atoms with van der Waals surface area (Å²) in [4.78, 5) is 25.2. The van der Waals surface area contributed by atoms with Gasteiger partial charge in [-0.1, -0.05) is 20.8 Å². The largest absolute Gasteiger partial charge is 0.369 e. The first kappa shape index (κ1) is 13.2. The lowest BCUT2D eigenvalue weighted by Crippen LogP contribution is -2.59. The van der Waals surface area contributed by atoms with Gasteiger partial charge in [0, 0.05) is 6.42 Å². The number of morpholine rings is 1. The van der Waals surface area contributed by atoms with Gasteiger partial charge in [-0.2, -0.15) is 0 Å². The molecule has 0 atom stereocenters. The first-order valence-electron chi connectivity index (χ1n) is 5.57. The summed E-state index contributed by atoms with van der Waals surface area (Å²) in [6.45, 7) is 10.1. The van der Waals surface area contributed by atoms with Crippen LogP contribution in [0.5, 0.6) is 0 Å². The molecule has 1 rings (SSSR count). The third kappa shape index (κ3) is 3.04. The first-order valence-corrected chi connectivity index (χ1v) is 5.57. The number of imide groups is 1. The van der Waals surface area contributed by atoms with Crippen LogP contribution in [0.15, 0.2) is 0 Å². The van der Waals surface area contributed by atoms with Crippen molar-refractivity contribution in [2.24, 2.45) is 5.41 Å². The number of hydrogen-bond donors (Lipinski definition) is 0. The lowest BCUT2D eigenvalue weighted by Gasteiger charge is -2.41. The molecule has 4 heteroatoms. The van der Waals surface area contributed by atoms with E-state index in [2.05, 4.69) is 0 Å². The normalized spacial score (nSPS) is 21.1. The maximum atomic E-state index is 12.1. The summed E-state index contributed by atoms with van der Waals surface area (Å²) in [5.41, 5.74) is -0.636. The van der Waals surface area contributed by atoms with Crippen molar-refractivity contribution in [1.29, 1.82) is 0 Å². The highest BCUT2D eigenvalue weighted by Gasteiger charge is 2.40. The lowest BCUT2D eigenvalue weighted by molar-refractivity contribution is -0.166. The van der Waals surface area contributed by atoms with E-state index in [1.807, 2.05) is 34.6 Å². The van der Waals surface area contributed by atoms with Gasteiger partial charge in [-0.3, -0.25) is 14.5 Å². The summed E-state index contributed by atoms with van der Waals surface area (Å²) in [7, 11) is 0. The molecule has 0 aromatic rings. The van der Waals surface area contributed by atoms with Crippen LogP contribution < -0.4 is 0 Å². The Morgan fingerprint density at radius 2 is 2.00 bits per heavy atom. The molecule has 1 heterocycles. The second-order valence-electron chi connectivity index (χ2n) is 6.17. The van der Waals surface area contributed by atoms with Crippen LogP contribution in [0.4, 0.5) is 0 Å². The number of hydrogen-bond acceptors (Lipinski definition) is 3. The Labute approximate surface area is 96.9 Å². The van der Waals surface area contributed by atoms with Crippen LogP contribution >= 0.6 is 0 Å². The molecule has 1 aliphatic rings. The summed E-state index contributed by atoms with van der Waals surface area (Å²) in [5, 5.41) is 0. The van der Waals surface area contributed by atoms with Crippen LogP contribution in [0, 0.1) is 5.41 Å². The molecule has 16 heavy (non-hydrogen) atoms. The molecule has 0 spiro atoms. The number of nitrogens with zero attached hydrogens (tertiary/aromatic N) is 1. The van der Waals surface area contributed by atoms with Crippen molar-refractivity contribution in [2.75, 3.05) is 13.2 Å². The topological polar surface area (TPSA) is 46.6 Å². The Morgan fingerprint density at radius 3 is 2.44 bits per heavy atom. The summed E-state index contributed by atoms with van der Waals surface area (Å²) >= 11 is 0. The number of rotatable bonds is 1.